The Balaban J connectivity index is 2.00. The summed E-state index contributed by atoms with van der Waals surface area (Å²) in [5, 5.41) is 3.04. The molecule has 106 valence electrons. The molecule has 0 bridgehead atoms. The molecular weight excluding hydrogens is 270 g/mol. The van der Waals surface area contributed by atoms with Crippen molar-refractivity contribution in [2.45, 2.75) is 31.2 Å². The third-order valence-electron chi connectivity index (χ3n) is 2.93. The third kappa shape index (κ3) is 3.90. The lowest BCUT2D eigenvalue weighted by Gasteiger charge is -2.14. The average Bonchev–Trinajstić information content (AvgIpc) is 2.92. The summed E-state index contributed by atoms with van der Waals surface area (Å²) >= 11 is 1.69. The van der Waals surface area contributed by atoms with E-state index < -0.39 is 0 Å². The Labute approximate surface area is 123 Å². The van der Waals surface area contributed by atoms with Gasteiger partial charge in [0.05, 0.1) is 18.1 Å². The number of hydrogen-bond donors (Lipinski definition) is 1. The minimum absolute atomic E-state index is 0.0162. The van der Waals surface area contributed by atoms with Crippen LogP contribution in [-0.2, 0) is 6.42 Å². The van der Waals surface area contributed by atoms with Crippen molar-refractivity contribution >= 4 is 17.7 Å². The van der Waals surface area contributed by atoms with E-state index in [1.54, 1.807) is 24.3 Å². The van der Waals surface area contributed by atoms with Gasteiger partial charge >= 0.3 is 0 Å². The third-order valence-corrected chi connectivity index (χ3v) is 3.89. The van der Waals surface area contributed by atoms with Crippen LogP contribution in [0.2, 0.25) is 0 Å². The summed E-state index contributed by atoms with van der Waals surface area (Å²) in [5.41, 5.74) is 1.84. The summed E-state index contributed by atoms with van der Waals surface area (Å²) in [4.78, 5) is 13.4. The van der Waals surface area contributed by atoms with Gasteiger partial charge in [-0.05, 0) is 42.9 Å². The van der Waals surface area contributed by atoms with E-state index in [0.29, 0.717) is 0 Å². The molecule has 0 aliphatic rings. The summed E-state index contributed by atoms with van der Waals surface area (Å²) in [7, 11) is 0. The van der Waals surface area contributed by atoms with Gasteiger partial charge in [-0.2, -0.15) is 0 Å². The first-order valence-corrected chi connectivity index (χ1v) is 7.73. The lowest BCUT2D eigenvalue weighted by atomic mass is 10.1. The lowest BCUT2D eigenvalue weighted by Crippen LogP contribution is -2.34. The van der Waals surface area contributed by atoms with E-state index in [2.05, 4.69) is 12.2 Å². The van der Waals surface area contributed by atoms with Crippen LogP contribution in [0, 0.1) is 0 Å². The fourth-order valence-corrected chi connectivity index (χ4v) is 2.85. The van der Waals surface area contributed by atoms with Gasteiger partial charge in [0.2, 0.25) is 0 Å². The summed E-state index contributed by atoms with van der Waals surface area (Å²) in [6.45, 7) is 4.08. The van der Waals surface area contributed by atoms with Crippen molar-refractivity contribution < 1.29 is 9.21 Å². The van der Waals surface area contributed by atoms with Crippen molar-refractivity contribution in [3.05, 3.63) is 54.0 Å². The fourth-order valence-electron chi connectivity index (χ4n) is 2.05. The van der Waals surface area contributed by atoms with Gasteiger partial charge < -0.3 is 9.73 Å². The Bertz CT molecular complexity index is 551. The molecule has 0 radical (unpaired) electrons. The molecule has 0 saturated heterocycles. The monoisotopic (exact) mass is 289 g/mol. The maximum atomic E-state index is 12.3. The molecule has 1 aromatic heterocycles. The zero-order valence-electron chi connectivity index (χ0n) is 11.8. The first-order valence-electron chi connectivity index (χ1n) is 6.74. The highest BCUT2D eigenvalue weighted by molar-refractivity contribution is 7.99. The molecule has 1 unspecified atom stereocenters. The zero-order valence-corrected chi connectivity index (χ0v) is 12.6. The Morgan fingerprint density at radius 2 is 2.15 bits per heavy atom. The number of furan rings is 1. The highest BCUT2D eigenvalue weighted by atomic mass is 32.2. The zero-order chi connectivity index (χ0) is 14.4. The molecule has 1 heterocycles. The van der Waals surface area contributed by atoms with Crippen LogP contribution in [0.3, 0.4) is 0 Å². The van der Waals surface area contributed by atoms with Crippen LogP contribution in [-0.4, -0.2) is 17.7 Å². The second-order valence-electron chi connectivity index (χ2n) is 4.64. The van der Waals surface area contributed by atoms with Crippen LogP contribution < -0.4 is 5.32 Å². The number of rotatable bonds is 6. The highest BCUT2D eigenvalue weighted by Gasteiger charge is 2.14. The van der Waals surface area contributed by atoms with Gasteiger partial charge in [-0.3, -0.25) is 4.79 Å². The molecule has 2 aromatic rings. The summed E-state index contributed by atoms with van der Waals surface area (Å²) in [5.74, 6) is 0.937. The van der Waals surface area contributed by atoms with Crippen LogP contribution >= 0.6 is 11.8 Å². The molecule has 4 heteroatoms. The molecule has 1 aromatic carbocycles. The number of amides is 1. The van der Waals surface area contributed by atoms with E-state index in [0.717, 1.165) is 28.2 Å². The second-order valence-corrected chi connectivity index (χ2v) is 5.95. The van der Waals surface area contributed by atoms with Gasteiger partial charge in [0.25, 0.3) is 5.91 Å². The summed E-state index contributed by atoms with van der Waals surface area (Å²) < 4.78 is 5.04. The number of hydrogen-bond acceptors (Lipinski definition) is 3. The molecule has 1 atom stereocenters. The number of thioether (sulfide) groups is 1. The molecule has 3 nitrogen and oxygen atoms in total. The molecule has 20 heavy (non-hydrogen) atoms. The fraction of sp³-hybridized carbons (Fsp3) is 0.312. The Morgan fingerprint density at radius 1 is 1.35 bits per heavy atom. The predicted octanol–water partition coefficient (Wildman–Crippen LogP) is 3.75. The molecule has 0 aliphatic heterocycles. The number of carbonyl (C=O) groups is 1. The molecule has 0 saturated carbocycles. The van der Waals surface area contributed by atoms with Crippen LogP contribution in [0.15, 0.2) is 52.2 Å². The Morgan fingerprint density at radius 3 is 2.85 bits per heavy atom. The Hall–Kier alpha value is -1.68. The van der Waals surface area contributed by atoms with Gasteiger partial charge in [0, 0.05) is 10.9 Å². The minimum atomic E-state index is -0.0162. The van der Waals surface area contributed by atoms with Gasteiger partial charge in [-0.15, -0.1) is 11.8 Å². The van der Waals surface area contributed by atoms with Crippen molar-refractivity contribution in [1.29, 1.82) is 0 Å². The van der Waals surface area contributed by atoms with E-state index in [9.17, 15) is 4.79 Å². The normalized spacial score (nSPS) is 12.1. The van der Waals surface area contributed by atoms with Crippen molar-refractivity contribution in [3.63, 3.8) is 0 Å². The predicted molar refractivity (Wildman–Crippen MR) is 82.2 cm³/mol. The topological polar surface area (TPSA) is 42.2 Å². The van der Waals surface area contributed by atoms with E-state index in [-0.39, 0.29) is 11.9 Å². The second kappa shape index (κ2) is 7.20. The van der Waals surface area contributed by atoms with E-state index in [4.69, 9.17) is 4.42 Å². The van der Waals surface area contributed by atoms with Crippen LogP contribution in [0.1, 0.15) is 29.8 Å². The molecular formula is C16H19NO2S. The number of nitrogens with one attached hydrogen (secondary N) is 1. The van der Waals surface area contributed by atoms with Crippen LogP contribution in [0.4, 0.5) is 0 Å². The average molecular weight is 289 g/mol. The number of carbonyl (C=O) groups excluding carboxylic acids is 1. The largest absolute Gasteiger partial charge is 0.472 e. The molecule has 1 amide bonds. The smallest absolute Gasteiger partial charge is 0.252 e. The van der Waals surface area contributed by atoms with Crippen molar-refractivity contribution in [2.75, 3.05) is 5.75 Å². The molecule has 0 fully saturated rings. The van der Waals surface area contributed by atoms with Crippen molar-refractivity contribution in [1.82, 2.24) is 5.32 Å². The quantitative estimate of drug-likeness (QED) is 0.823. The molecule has 2 rings (SSSR count). The van der Waals surface area contributed by atoms with Gasteiger partial charge in [-0.1, -0.05) is 19.1 Å². The minimum Gasteiger partial charge on any atom is -0.472 e. The number of benzene rings is 1. The van der Waals surface area contributed by atoms with Gasteiger partial charge in [0.1, 0.15) is 0 Å². The van der Waals surface area contributed by atoms with E-state index >= 15 is 0 Å². The van der Waals surface area contributed by atoms with E-state index in [1.807, 2.05) is 37.3 Å². The van der Waals surface area contributed by atoms with E-state index in [1.165, 1.54) is 0 Å². The SMILES string of the molecule is CCSc1ccccc1C(=O)NC(C)Cc1ccoc1. The lowest BCUT2D eigenvalue weighted by molar-refractivity contribution is 0.0937. The van der Waals surface area contributed by atoms with Gasteiger partial charge in [0.15, 0.2) is 0 Å². The Kier molecular flexibility index (Phi) is 5.30. The molecule has 0 aliphatic carbocycles. The van der Waals surface area contributed by atoms with Crippen molar-refractivity contribution in [2.24, 2.45) is 0 Å². The van der Waals surface area contributed by atoms with Gasteiger partial charge in [-0.25, -0.2) is 0 Å². The highest BCUT2D eigenvalue weighted by Crippen LogP contribution is 2.22. The maximum absolute atomic E-state index is 12.3. The van der Waals surface area contributed by atoms with Crippen LogP contribution in [0.5, 0.6) is 0 Å². The molecule has 0 spiro atoms. The first kappa shape index (κ1) is 14.7. The summed E-state index contributed by atoms with van der Waals surface area (Å²) in [6.07, 6.45) is 4.13. The molecule has 1 N–H and O–H groups in total. The summed E-state index contributed by atoms with van der Waals surface area (Å²) in [6, 6.07) is 9.71. The first-order chi connectivity index (χ1) is 9.70. The maximum Gasteiger partial charge on any atom is 0.252 e. The van der Waals surface area contributed by atoms with Crippen LogP contribution in [0.25, 0.3) is 0 Å². The van der Waals surface area contributed by atoms with Crippen molar-refractivity contribution in [3.8, 4) is 0 Å². The standard InChI is InChI=1S/C16H19NO2S/c1-3-20-15-7-5-4-6-14(15)16(18)17-12(2)10-13-8-9-19-11-13/h4-9,11-12H,3,10H2,1-2H3,(H,17,18).